The molecule has 0 spiro atoms. The molecule has 1 aliphatic heterocycles. The molecule has 2 atom stereocenters. The van der Waals surface area contributed by atoms with Crippen molar-refractivity contribution in [3.63, 3.8) is 0 Å². The van der Waals surface area contributed by atoms with E-state index in [1.165, 1.54) is 22.1 Å². The van der Waals surface area contributed by atoms with Crippen molar-refractivity contribution in [3.8, 4) is 5.69 Å². The number of halogens is 2. The molecule has 1 aliphatic rings. The van der Waals surface area contributed by atoms with Crippen LogP contribution in [0, 0.1) is 19.8 Å². The number of aryl methyl sites for hydroxylation is 2. The minimum absolute atomic E-state index is 0.0303. The average molecular weight is 442 g/mol. The summed E-state index contributed by atoms with van der Waals surface area (Å²) in [4.78, 5) is 28.8. The fourth-order valence-electron chi connectivity index (χ4n) is 3.90. The molecular formula is C21H24F2N8O. The van der Waals surface area contributed by atoms with Gasteiger partial charge in [0.1, 0.15) is 5.69 Å². The number of nitrogens with zero attached hydrogens (tertiary/aromatic N) is 7. The predicted molar refractivity (Wildman–Crippen MR) is 113 cm³/mol. The summed E-state index contributed by atoms with van der Waals surface area (Å²) in [6.45, 7) is 4.86. The largest absolute Gasteiger partial charge is 0.352 e. The number of alkyl halides is 2. The van der Waals surface area contributed by atoms with Crippen LogP contribution in [-0.4, -0.2) is 65.8 Å². The highest BCUT2D eigenvalue weighted by atomic mass is 19.3. The minimum Gasteiger partial charge on any atom is -0.352 e. The Labute approximate surface area is 183 Å². The van der Waals surface area contributed by atoms with Crippen molar-refractivity contribution in [2.75, 3.05) is 18.4 Å². The Morgan fingerprint density at radius 3 is 2.56 bits per heavy atom. The van der Waals surface area contributed by atoms with Gasteiger partial charge in [0, 0.05) is 31.1 Å². The van der Waals surface area contributed by atoms with Crippen LogP contribution in [0.25, 0.3) is 5.69 Å². The van der Waals surface area contributed by atoms with Crippen LogP contribution in [-0.2, 0) is 0 Å². The Morgan fingerprint density at radius 1 is 1.19 bits per heavy atom. The van der Waals surface area contributed by atoms with E-state index in [0.29, 0.717) is 17.3 Å². The van der Waals surface area contributed by atoms with Gasteiger partial charge in [-0.25, -0.2) is 23.7 Å². The molecule has 0 aliphatic carbocycles. The number of hydrogen-bond acceptors (Lipinski definition) is 7. The zero-order chi connectivity index (χ0) is 22.9. The monoisotopic (exact) mass is 442 g/mol. The molecule has 4 heterocycles. The minimum atomic E-state index is -3.00. The van der Waals surface area contributed by atoms with Gasteiger partial charge in [-0.15, -0.1) is 4.80 Å². The summed E-state index contributed by atoms with van der Waals surface area (Å²) in [5, 5.41) is 11.2. The Kier molecular flexibility index (Phi) is 5.81. The number of hydrogen-bond donors (Lipinski definition) is 1. The summed E-state index contributed by atoms with van der Waals surface area (Å²) in [7, 11) is 0. The number of carbonyl (C=O) groups is 1. The topological polar surface area (TPSA) is 102 Å². The molecule has 1 fully saturated rings. The molecule has 3 aromatic heterocycles. The Bertz CT molecular complexity index is 1090. The lowest BCUT2D eigenvalue weighted by Gasteiger charge is -2.43. The van der Waals surface area contributed by atoms with Crippen molar-refractivity contribution < 1.29 is 13.6 Å². The average Bonchev–Trinajstić information content (AvgIpc) is 3.27. The van der Waals surface area contributed by atoms with Crippen molar-refractivity contribution >= 4 is 11.9 Å². The number of nitrogens with one attached hydrogen (secondary N) is 1. The molecule has 32 heavy (non-hydrogen) atoms. The molecule has 1 saturated heterocycles. The SMILES string of the molecule is Cc1cnc(NC[C@@H]2[C@H](C)CC(F)(F)CN2C(=O)c2nc(C)ccc2-n2nccn2)nc1. The number of likely N-dealkylation sites (tertiary alicyclic amines) is 1. The summed E-state index contributed by atoms with van der Waals surface area (Å²) >= 11 is 0. The van der Waals surface area contributed by atoms with Crippen LogP contribution in [0.3, 0.4) is 0 Å². The van der Waals surface area contributed by atoms with E-state index in [-0.39, 0.29) is 18.7 Å². The maximum atomic E-state index is 14.5. The molecule has 0 unspecified atom stereocenters. The number of aromatic nitrogens is 6. The van der Waals surface area contributed by atoms with E-state index in [1.807, 2.05) is 6.92 Å². The summed E-state index contributed by atoms with van der Waals surface area (Å²) in [6, 6.07) is 2.87. The summed E-state index contributed by atoms with van der Waals surface area (Å²) in [5.74, 6) is -3.68. The Morgan fingerprint density at radius 2 is 1.88 bits per heavy atom. The third-order valence-corrected chi connectivity index (χ3v) is 5.44. The van der Waals surface area contributed by atoms with Gasteiger partial charge < -0.3 is 10.2 Å². The van der Waals surface area contributed by atoms with Gasteiger partial charge in [0.2, 0.25) is 5.95 Å². The molecule has 3 aromatic rings. The predicted octanol–water partition coefficient (Wildman–Crippen LogP) is 2.67. The van der Waals surface area contributed by atoms with Gasteiger partial charge in [-0.1, -0.05) is 6.92 Å². The summed E-state index contributed by atoms with van der Waals surface area (Å²) in [5.41, 5.74) is 1.86. The molecule has 1 N–H and O–H groups in total. The van der Waals surface area contributed by atoms with Crippen LogP contribution in [0.4, 0.5) is 14.7 Å². The molecule has 9 nitrogen and oxygen atoms in total. The van der Waals surface area contributed by atoms with Gasteiger partial charge in [-0.2, -0.15) is 10.2 Å². The van der Waals surface area contributed by atoms with Crippen LogP contribution in [0.1, 0.15) is 35.1 Å². The highest BCUT2D eigenvalue weighted by Crippen LogP contribution is 2.35. The second-order valence-corrected chi connectivity index (χ2v) is 8.14. The highest BCUT2D eigenvalue weighted by molar-refractivity contribution is 5.96. The second kappa shape index (κ2) is 8.56. The second-order valence-electron chi connectivity index (χ2n) is 8.14. The molecule has 0 aromatic carbocycles. The van der Waals surface area contributed by atoms with E-state index in [4.69, 9.17) is 0 Å². The van der Waals surface area contributed by atoms with Crippen molar-refractivity contribution in [2.45, 2.75) is 39.2 Å². The standard InChI is InChI=1S/C21H24F2N8O/c1-13-9-24-20(25-10-13)26-11-17-14(2)8-21(22,23)12-30(17)19(32)18-16(5-4-15(3)29-18)31-27-6-7-28-31/h4-7,9-10,14,17H,8,11-12H2,1-3H3,(H,24,25,26)/t14-,17-/m1/s1. The number of rotatable bonds is 5. The summed E-state index contributed by atoms with van der Waals surface area (Å²) in [6.07, 6.45) is 5.96. The number of amides is 1. The maximum Gasteiger partial charge on any atom is 0.275 e. The van der Waals surface area contributed by atoms with E-state index < -0.39 is 30.3 Å². The van der Waals surface area contributed by atoms with Gasteiger partial charge in [0.15, 0.2) is 5.69 Å². The summed E-state index contributed by atoms with van der Waals surface area (Å²) < 4.78 is 29.1. The third-order valence-electron chi connectivity index (χ3n) is 5.44. The van der Waals surface area contributed by atoms with E-state index in [9.17, 15) is 13.6 Å². The van der Waals surface area contributed by atoms with Gasteiger partial charge in [-0.3, -0.25) is 4.79 Å². The Hall–Kier alpha value is -3.50. The molecule has 0 saturated carbocycles. The maximum absolute atomic E-state index is 14.5. The molecule has 0 bridgehead atoms. The van der Waals surface area contributed by atoms with Crippen molar-refractivity contribution in [3.05, 3.63) is 53.9 Å². The normalized spacial score (nSPS) is 20.2. The van der Waals surface area contributed by atoms with E-state index in [0.717, 1.165) is 5.56 Å². The zero-order valence-corrected chi connectivity index (χ0v) is 18.0. The van der Waals surface area contributed by atoms with Crippen molar-refractivity contribution in [1.29, 1.82) is 0 Å². The van der Waals surface area contributed by atoms with Gasteiger partial charge in [0.25, 0.3) is 11.8 Å². The first kappa shape index (κ1) is 21.7. The van der Waals surface area contributed by atoms with Crippen molar-refractivity contribution in [1.82, 2.24) is 34.8 Å². The van der Waals surface area contributed by atoms with Gasteiger partial charge in [0.05, 0.1) is 25.0 Å². The van der Waals surface area contributed by atoms with Crippen LogP contribution >= 0.6 is 0 Å². The van der Waals surface area contributed by atoms with E-state index in [1.54, 1.807) is 38.4 Å². The fourth-order valence-corrected chi connectivity index (χ4v) is 3.90. The third kappa shape index (κ3) is 4.56. The Balaban J connectivity index is 1.65. The van der Waals surface area contributed by atoms with Crippen LogP contribution in [0.15, 0.2) is 36.9 Å². The van der Waals surface area contributed by atoms with E-state index in [2.05, 4.69) is 30.5 Å². The molecule has 4 rings (SSSR count). The van der Waals surface area contributed by atoms with Crippen LogP contribution < -0.4 is 5.32 Å². The smallest absolute Gasteiger partial charge is 0.275 e. The molecule has 168 valence electrons. The number of pyridine rings is 1. The first-order valence-corrected chi connectivity index (χ1v) is 10.3. The lowest BCUT2D eigenvalue weighted by molar-refractivity contribution is -0.0899. The quantitative estimate of drug-likeness (QED) is 0.648. The van der Waals surface area contributed by atoms with Crippen molar-refractivity contribution in [2.24, 2.45) is 5.92 Å². The first-order valence-electron chi connectivity index (χ1n) is 10.3. The number of carbonyl (C=O) groups excluding carboxylic acids is 1. The zero-order valence-electron chi connectivity index (χ0n) is 18.0. The first-order chi connectivity index (χ1) is 15.2. The van der Waals surface area contributed by atoms with Crippen LogP contribution in [0.5, 0.6) is 0 Å². The molecular weight excluding hydrogens is 418 g/mol. The molecule has 0 radical (unpaired) electrons. The fraction of sp³-hybridized carbons (Fsp3) is 0.429. The van der Waals surface area contributed by atoms with E-state index >= 15 is 0 Å². The van der Waals surface area contributed by atoms with Gasteiger partial charge >= 0.3 is 0 Å². The molecule has 1 amide bonds. The lowest BCUT2D eigenvalue weighted by atomic mass is 9.88. The van der Waals surface area contributed by atoms with Gasteiger partial charge in [-0.05, 0) is 37.5 Å². The van der Waals surface area contributed by atoms with Crippen LogP contribution in [0.2, 0.25) is 0 Å². The molecule has 11 heteroatoms. The number of anilines is 1. The highest BCUT2D eigenvalue weighted by Gasteiger charge is 2.46. The lowest BCUT2D eigenvalue weighted by Crippen LogP contribution is -2.57. The number of piperidine rings is 1.